The maximum Gasteiger partial charge on any atom is 0.102 e. The van der Waals surface area contributed by atoms with E-state index in [1.165, 1.54) is 63.7 Å². The van der Waals surface area contributed by atoms with E-state index in [0.29, 0.717) is 5.92 Å². The average Bonchev–Trinajstić information content (AvgIpc) is 2.36. The average molecular weight is 260 g/mol. The lowest BCUT2D eigenvalue weighted by molar-refractivity contribution is 0.235. The molecule has 1 saturated heterocycles. The number of aliphatic imine (C=N–C) groups is 1. The Morgan fingerprint density at radius 3 is 2.63 bits per heavy atom. The summed E-state index contributed by atoms with van der Waals surface area (Å²) < 4.78 is 0. The van der Waals surface area contributed by atoms with Crippen LogP contribution >= 0.6 is 0 Å². The third-order valence-corrected chi connectivity index (χ3v) is 5.19. The van der Waals surface area contributed by atoms with Crippen molar-refractivity contribution in [3.8, 4) is 0 Å². The Balaban J connectivity index is 2.06. The van der Waals surface area contributed by atoms with Crippen molar-refractivity contribution in [2.75, 3.05) is 20.6 Å². The lowest BCUT2D eigenvalue weighted by Gasteiger charge is -2.40. The molecular formula is C16H29BN2. The van der Waals surface area contributed by atoms with Crippen LogP contribution in [0.3, 0.4) is 0 Å². The van der Waals surface area contributed by atoms with E-state index in [1.807, 2.05) is 7.05 Å². The predicted octanol–water partition coefficient (Wildman–Crippen LogP) is 3.67. The monoisotopic (exact) mass is 260 g/mol. The fraction of sp³-hybridized carbons (Fsp3) is 0.938. The largest absolute Gasteiger partial charge is 0.363 e. The summed E-state index contributed by atoms with van der Waals surface area (Å²) in [5, 5.41) is 0.0694. The molecule has 0 amide bonds. The first-order chi connectivity index (χ1) is 9.03. The van der Waals surface area contributed by atoms with Gasteiger partial charge in [0.15, 0.2) is 0 Å². The summed E-state index contributed by atoms with van der Waals surface area (Å²) in [6.45, 7) is 3.41. The van der Waals surface area contributed by atoms with E-state index in [-0.39, 0.29) is 5.31 Å². The molecule has 1 heterocycles. The maximum absolute atomic E-state index is 6.38. The van der Waals surface area contributed by atoms with E-state index >= 15 is 0 Å². The molecule has 3 unspecified atom stereocenters. The third-order valence-electron chi connectivity index (χ3n) is 5.19. The van der Waals surface area contributed by atoms with Gasteiger partial charge in [-0.1, -0.05) is 44.3 Å². The van der Waals surface area contributed by atoms with Crippen LogP contribution in [0.5, 0.6) is 0 Å². The van der Waals surface area contributed by atoms with Gasteiger partial charge >= 0.3 is 0 Å². The number of fused-ring (bicyclic) bond motifs is 1. The van der Waals surface area contributed by atoms with Gasteiger partial charge in [-0.2, -0.15) is 0 Å². The summed E-state index contributed by atoms with van der Waals surface area (Å²) >= 11 is 0. The van der Waals surface area contributed by atoms with Crippen LogP contribution in [-0.4, -0.2) is 39.2 Å². The number of amidine groups is 1. The zero-order valence-electron chi connectivity index (χ0n) is 13.0. The van der Waals surface area contributed by atoms with Gasteiger partial charge in [0.1, 0.15) is 5.84 Å². The first-order valence-electron chi connectivity index (χ1n) is 8.00. The minimum Gasteiger partial charge on any atom is -0.363 e. The van der Waals surface area contributed by atoms with Crippen LogP contribution in [-0.2, 0) is 0 Å². The Hall–Kier alpha value is -0.465. The van der Waals surface area contributed by atoms with Gasteiger partial charge in [-0.05, 0) is 25.2 Å². The van der Waals surface area contributed by atoms with Crippen molar-refractivity contribution < 1.29 is 0 Å². The van der Waals surface area contributed by atoms with Gasteiger partial charge in [-0.15, -0.1) is 0 Å². The van der Waals surface area contributed by atoms with Crippen LogP contribution in [0.25, 0.3) is 0 Å². The van der Waals surface area contributed by atoms with E-state index in [0.717, 1.165) is 5.92 Å². The molecule has 0 bridgehead atoms. The van der Waals surface area contributed by atoms with Crippen LogP contribution in [0.15, 0.2) is 4.99 Å². The number of hydrogen-bond donors (Lipinski definition) is 0. The highest BCUT2D eigenvalue weighted by Gasteiger charge is 2.33. The summed E-state index contributed by atoms with van der Waals surface area (Å²) in [4.78, 5) is 6.96. The second kappa shape index (κ2) is 6.32. The zero-order chi connectivity index (χ0) is 13.9. The van der Waals surface area contributed by atoms with Crippen LogP contribution < -0.4 is 0 Å². The van der Waals surface area contributed by atoms with Crippen LogP contribution in [0.4, 0.5) is 0 Å². The third kappa shape index (κ3) is 3.76. The van der Waals surface area contributed by atoms with E-state index < -0.39 is 0 Å². The van der Waals surface area contributed by atoms with Crippen molar-refractivity contribution in [1.29, 1.82) is 0 Å². The van der Waals surface area contributed by atoms with Gasteiger partial charge in [0.05, 0.1) is 7.85 Å². The molecule has 3 heteroatoms. The molecule has 0 aromatic carbocycles. The topological polar surface area (TPSA) is 15.6 Å². The molecule has 3 atom stereocenters. The van der Waals surface area contributed by atoms with Gasteiger partial charge < -0.3 is 4.90 Å². The molecule has 2 nitrogen and oxygen atoms in total. The molecule has 19 heavy (non-hydrogen) atoms. The fourth-order valence-electron chi connectivity index (χ4n) is 4.00. The predicted molar refractivity (Wildman–Crippen MR) is 84.0 cm³/mol. The molecule has 1 saturated carbocycles. The van der Waals surface area contributed by atoms with E-state index in [9.17, 15) is 0 Å². The summed E-state index contributed by atoms with van der Waals surface area (Å²) in [6, 6.07) is 0. The Bertz CT molecular complexity index is 325. The van der Waals surface area contributed by atoms with Crippen molar-refractivity contribution in [3.05, 3.63) is 0 Å². The van der Waals surface area contributed by atoms with Crippen molar-refractivity contribution in [2.45, 2.75) is 63.6 Å². The van der Waals surface area contributed by atoms with Gasteiger partial charge in [0, 0.05) is 26.6 Å². The molecule has 1 aliphatic heterocycles. The molecule has 1 aliphatic carbocycles. The second-order valence-electron chi connectivity index (χ2n) is 6.95. The van der Waals surface area contributed by atoms with Gasteiger partial charge in [-0.25, -0.2) is 0 Å². The SMILES string of the molecule is [B]C1(C)CCCCC2C(=NC)N(C)CCC2CCC1. The van der Waals surface area contributed by atoms with Gasteiger partial charge in [0.25, 0.3) is 0 Å². The molecule has 2 aliphatic rings. The first kappa shape index (κ1) is 14.9. The van der Waals surface area contributed by atoms with Crippen LogP contribution in [0, 0.1) is 11.8 Å². The summed E-state index contributed by atoms with van der Waals surface area (Å²) in [6.07, 6.45) is 10.2. The standard InChI is InChI=1S/C16H29BN2/c1-16(17)10-5-4-8-14-13(7-6-11-16)9-12-19(3)15(14)18-2/h13-14H,4-12H2,1-3H3. The minimum absolute atomic E-state index is 0.0694. The Morgan fingerprint density at radius 2 is 1.89 bits per heavy atom. The molecular weight excluding hydrogens is 231 g/mol. The fourth-order valence-corrected chi connectivity index (χ4v) is 4.00. The molecule has 106 valence electrons. The zero-order valence-corrected chi connectivity index (χ0v) is 13.0. The second-order valence-corrected chi connectivity index (χ2v) is 6.95. The quantitative estimate of drug-likeness (QED) is 0.607. The normalized spacial score (nSPS) is 39.9. The van der Waals surface area contributed by atoms with Crippen LogP contribution in [0.2, 0.25) is 5.31 Å². The number of rotatable bonds is 0. The maximum atomic E-state index is 6.38. The summed E-state index contributed by atoms with van der Waals surface area (Å²) in [5.41, 5.74) is 0. The van der Waals surface area contributed by atoms with Crippen molar-refractivity contribution in [2.24, 2.45) is 16.8 Å². The number of likely N-dealkylation sites (tertiary alicyclic amines) is 1. The first-order valence-corrected chi connectivity index (χ1v) is 8.00. The smallest absolute Gasteiger partial charge is 0.102 e. The lowest BCUT2D eigenvalue weighted by atomic mass is 9.63. The Morgan fingerprint density at radius 1 is 1.16 bits per heavy atom. The van der Waals surface area contributed by atoms with E-state index in [1.54, 1.807) is 0 Å². The highest BCUT2D eigenvalue weighted by molar-refractivity contribution is 6.14. The van der Waals surface area contributed by atoms with Crippen molar-refractivity contribution in [1.82, 2.24) is 4.90 Å². The van der Waals surface area contributed by atoms with Crippen molar-refractivity contribution in [3.63, 3.8) is 0 Å². The highest BCUT2D eigenvalue weighted by Crippen LogP contribution is 2.40. The number of nitrogens with zero attached hydrogens (tertiary/aromatic N) is 2. The number of hydrogen-bond acceptors (Lipinski definition) is 1. The van der Waals surface area contributed by atoms with E-state index in [4.69, 9.17) is 7.85 Å². The molecule has 0 aromatic rings. The molecule has 0 aromatic heterocycles. The van der Waals surface area contributed by atoms with E-state index in [2.05, 4.69) is 23.9 Å². The molecule has 2 radical (unpaired) electrons. The summed E-state index contributed by atoms with van der Waals surface area (Å²) in [7, 11) is 10.5. The molecule has 2 fully saturated rings. The Kier molecular flexibility index (Phi) is 4.97. The molecule has 0 spiro atoms. The lowest BCUT2D eigenvalue weighted by Crippen LogP contribution is -2.43. The molecule has 0 N–H and O–H groups in total. The van der Waals surface area contributed by atoms with Gasteiger partial charge in [-0.3, -0.25) is 4.99 Å². The highest BCUT2D eigenvalue weighted by atomic mass is 15.2. The number of piperidine rings is 1. The minimum atomic E-state index is 0.0694. The van der Waals surface area contributed by atoms with Crippen molar-refractivity contribution >= 4 is 13.7 Å². The molecule has 2 rings (SSSR count). The van der Waals surface area contributed by atoms with Gasteiger partial charge in [0.2, 0.25) is 0 Å². The summed E-state index contributed by atoms with van der Waals surface area (Å²) in [5.74, 6) is 2.89. The van der Waals surface area contributed by atoms with Crippen LogP contribution in [0.1, 0.15) is 58.3 Å². The Labute approximate surface area is 120 Å².